The van der Waals surface area contributed by atoms with Crippen molar-refractivity contribution in [2.24, 2.45) is 4.99 Å². The van der Waals surface area contributed by atoms with E-state index < -0.39 is 0 Å². The van der Waals surface area contributed by atoms with E-state index >= 15 is 0 Å². The Kier molecular flexibility index (Phi) is 2.44. The van der Waals surface area contributed by atoms with Gasteiger partial charge in [0.05, 0.1) is 12.3 Å². The van der Waals surface area contributed by atoms with Crippen LogP contribution in [0, 0.1) is 0 Å². The highest BCUT2D eigenvalue weighted by Crippen LogP contribution is 2.20. The van der Waals surface area contributed by atoms with Gasteiger partial charge in [-0.15, -0.1) is 11.6 Å². The molecule has 1 aliphatic heterocycles. The lowest BCUT2D eigenvalue weighted by molar-refractivity contribution is 0.485. The zero-order chi connectivity index (χ0) is 6.85. The van der Waals surface area contributed by atoms with Crippen molar-refractivity contribution in [1.82, 2.24) is 4.90 Å². The highest BCUT2D eigenvalue weighted by atomic mass is 35.5. The molecule has 0 spiro atoms. The van der Waals surface area contributed by atoms with E-state index in [1.165, 1.54) is 0 Å². The Morgan fingerprint density at radius 2 is 2.22 bits per heavy atom. The molecule has 0 radical (unpaired) electrons. The van der Waals surface area contributed by atoms with E-state index in [-0.39, 0.29) is 11.0 Å². The molecular formula is C4H5Cl3N2. The first kappa shape index (κ1) is 7.45. The minimum Gasteiger partial charge on any atom is -0.330 e. The number of nitrogens with zero attached hydrogens (tertiary/aromatic N) is 2. The number of alkyl halides is 3. The number of hydrogen-bond donors (Lipinski definition) is 0. The Morgan fingerprint density at radius 3 is 2.44 bits per heavy atom. The van der Waals surface area contributed by atoms with Gasteiger partial charge in [-0.3, -0.25) is 4.99 Å². The molecule has 1 rings (SSSR count). The molecule has 2 unspecified atom stereocenters. The molecular weight excluding hydrogens is 182 g/mol. The van der Waals surface area contributed by atoms with E-state index in [4.69, 9.17) is 34.8 Å². The van der Waals surface area contributed by atoms with Crippen LogP contribution in [0.2, 0.25) is 0 Å². The van der Waals surface area contributed by atoms with Gasteiger partial charge in [0.1, 0.15) is 5.50 Å². The lowest BCUT2D eigenvalue weighted by atomic mass is 10.6. The van der Waals surface area contributed by atoms with Crippen LogP contribution in [0.5, 0.6) is 0 Å². The highest BCUT2D eigenvalue weighted by molar-refractivity contribution is 6.31. The maximum Gasteiger partial charge on any atom is 0.159 e. The Bertz CT molecular complexity index is 127. The van der Waals surface area contributed by atoms with Gasteiger partial charge in [-0.2, -0.15) is 0 Å². The summed E-state index contributed by atoms with van der Waals surface area (Å²) in [6.07, 6.45) is 1.56. The summed E-state index contributed by atoms with van der Waals surface area (Å²) in [4.78, 5) is 5.47. The normalized spacial score (nSPS) is 33.9. The van der Waals surface area contributed by atoms with E-state index in [9.17, 15) is 0 Å². The van der Waals surface area contributed by atoms with Gasteiger partial charge in [0.25, 0.3) is 0 Å². The molecule has 52 valence electrons. The monoisotopic (exact) mass is 186 g/mol. The summed E-state index contributed by atoms with van der Waals surface area (Å²) in [6.45, 7) is 0. The van der Waals surface area contributed by atoms with Crippen LogP contribution >= 0.6 is 34.8 Å². The fraction of sp³-hybridized carbons (Fsp3) is 0.750. The van der Waals surface area contributed by atoms with Gasteiger partial charge in [-0.1, -0.05) is 23.2 Å². The topological polar surface area (TPSA) is 15.6 Å². The van der Waals surface area contributed by atoms with Crippen LogP contribution in [0.3, 0.4) is 0 Å². The third kappa shape index (κ3) is 1.42. The van der Waals surface area contributed by atoms with Gasteiger partial charge in [0.15, 0.2) is 5.50 Å². The summed E-state index contributed by atoms with van der Waals surface area (Å²) in [6, 6.07) is 0.334. The number of aliphatic imine (C=N–C) groups is 1. The van der Waals surface area contributed by atoms with Crippen LogP contribution < -0.4 is 0 Å². The van der Waals surface area contributed by atoms with E-state index in [0.29, 0.717) is 6.00 Å². The minimum atomic E-state index is -0.356. The molecule has 1 heterocycles. The average molecular weight is 187 g/mol. The van der Waals surface area contributed by atoms with Crippen LogP contribution in [0.15, 0.2) is 4.99 Å². The zero-order valence-electron chi connectivity index (χ0n) is 4.47. The molecule has 0 fully saturated rings. The molecule has 0 aliphatic carbocycles. The minimum absolute atomic E-state index is 0.288. The number of hydrogen-bond acceptors (Lipinski definition) is 2. The molecule has 2 nitrogen and oxygen atoms in total. The molecule has 9 heavy (non-hydrogen) atoms. The Morgan fingerprint density at radius 1 is 1.56 bits per heavy atom. The van der Waals surface area contributed by atoms with Crippen LogP contribution in [0.4, 0.5) is 0 Å². The molecule has 0 saturated heterocycles. The van der Waals surface area contributed by atoms with Crippen LogP contribution in [0.25, 0.3) is 0 Å². The van der Waals surface area contributed by atoms with Crippen molar-refractivity contribution in [3.05, 3.63) is 0 Å². The molecule has 0 aromatic carbocycles. The molecule has 0 aromatic heterocycles. The Labute approximate surface area is 68.4 Å². The lowest BCUT2D eigenvalue weighted by Crippen LogP contribution is -2.27. The molecule has 5 heteroatoms. The van der Waals surface area contributed by atoms with Crippen LogP contribution in [-0.2, 0) is 0 Å². The van der Waals surface area contributed by atoms with E-state index in [1.54, 1.807) is 11.2 Å². The molecule has 2 atom stereocenters. The summed E-state index contributed by atoms with van der Waals surface area (Å²) in [5, 5.41) is 0. The van der Waals surface area contributed by atoms with Crippen molar-refractivity contribution in [2.75, 3.05) is 6.00 Å². The van der Waals surface area contributed by atoms with Crippen molar-refractivity contribution < 1.29 is 0 Å². The summed E-state index contributed by atoms with van der Waals surface area (Å²) >= 11 is 16.8. The largest absolute Gasteiger partial charge is 0.330 e. The second kappa shape index (κ2) is 2.95. The SMILES string of the molecule is ClCN1C=NC(Cl)C1Cl. The average Bonchev–Trinajstić information content (AvgIpc) is 2.15. The molecule has 0 saturated carbocycles. The zero-order valence-corrected chi connectivity index (χ0v) is 6.74. The van der Waals surface area contributed by atoms with Gasteiger partial charge in [-0.25, -0.2) is 0 Å². The quantitative estimate of drug-likeness (QED) is 0.450. The third-order valence-corrected chi connectivity index (χ3v) is 2.28. The Balaban J connectivity index is 2.51. The second-order valence-corrected chi connectivity index (χ2v) is 2.78. The second-order valence-electron chi connectivity index (χ2n) is 1.64. The van der Waals surface area contributed by atoms with Gasteiger partial charge in [-0.05, 0) is 0 Å². The fourth-order valence-corrected chi connectivity index (χ4v) is 1.20. The van der Waals surface area contributed by atoms with E-state index in [2.05, 4.69) is 4.99 Å². The van der Waals surface area contributed by atoms with Crippen molar-refractivity contribution in [2.45, 2.75) is 11.0 Å². The van der Waals surface area contributed by atoms with E-state index in [0.717, 1.165) is 0 Å². The first-order chi connectivity index (χ1) is 4.25. The molecule has 0 bridgehead atoms. The number of halogens is 3. The van der Waals surface area contributed by atoms with Gasteiger partial charge in [0, 0.05) is 0 Å². The summed E-state index contributed by atoms with van der Waals surface area (Å²) in [5.41, 5.74) is -0.644. The molecule has 1 aliphatic rings. The number of rotatable bonds is 1. The fourth-order valence-electron chi connectivity index (χ4n) is 0.539. The van der Waals surface area contributed by atoms with Gasteiger partial charge in [0.2, 0.25) is 0 Å². The van der Waals surface area contributed by atoms with Crippen LogP contribution in [0.1, 0.15) is 0 Å². The van der Waals surface area contributed by atoms with Crippen molar-refractivity contribution >= 4 is 41.1 Å². The Hall–Kier alpha value is 0.340. The van der Waals surface area contributed by atoms with Gasteiger partial charge < -0.3 is 4.90 Å². The standard InChI is InChI=1S/C4H5Cl3N2/c5-1-9-2-8-3(6)4(9)7/h2-4H,1H2. The molecule has 0 aromatic rings. The molecule has 0 N–H and O–H groups in total. The maximum atomic E-state index is 5.71. The highest BCUT2D eigenvalue weighted by Gasteiger charge is 2.25. The first-order valence-corrected chi connectivity index (χ1v) is 3.79. The predicted octanol–water partition coefficient (Wildman–Crippen LogP) is 1.66. The first-order valence-electron chi connectivity index (χ1n) is 2.39. The van der Waals surface area contributed by atoms with Crippen LogP contribution in [-0.4, -0.2) is 28.2 Å². The third-order valence-electron chi connectivity index (χ3n) is 1.04. The smallest absolute Gasteiger partial charge is 0.159 e. The summed E-state index contributed by atoms with van der Waals surface area (Å²) in [7, 11) is 0. The van der Waals surface area contributed by atoms with E-state index in [1.807, 2.05) is 0 Å². The maximum absolute atomic E-state index is 5.71. The van der Waals surface area contributed by atoms with Gasteiger partial charge >= 0.3 is 0 Å². The van der Waals surface area contributed by atoms with Crippen molar-refractivity contribution in [3.63, 3.8) is 0 Å². The predicted molar refractivity (Wildman–Crippen MR) is 40.3 cm³/mol. The van der Waals surface area contributed by atoms with Crippen molar-refractivity contribution in [3.8, 4) is 0 Å². The molecule has 0 amide bonds. The summed E-state index contributed by atoms with van der Waals surface area (Å²) in [5.74, 6) is 0. The lowest BCUT2D eigenvalue weighted by Gasteiger charge is -2.15. The van der Waals surface area contributed by atoms with Crippen molar-refractivity contribution in [1.29, 1.82) is 0 Å². The summed E-state index contributed by atoms with van der Waals surface area (Å²) < 4.78 is 0.